The zero-order valence-corrected chi connectivity index (χ0v) is 17.5. The van der Waals surface area contributed by atoms with Gasteiger partial charge in [0.05, 0.1) is 11.1 Å². The summed E-state index contributed by atoms with van der Waals surface area (Å²) in [5.74, 6) is -0.281. The number of nitrogens with two attached hydrogens (primary N) is 1. The van der Waals surface area contributed by atoms with Crippen molar-refractivity contribution in [2.45, 2.75) is 27.7 Å². The maximum absolute atomic E-state index is 12.7. The van der Waals surface area contributed by atoms with Crippen LogP contribution in [0.2, 0.25) is 0 Å². The molecular weight excluding hydrogens is 366 g/mol. The van der Waals surface area contributed by atoms with Crippen molar-refractivity contribution in [3.8, 4) is 0 Å². The first kappa shape index (κ1) is 20.7. The van der Waals surface area contributed by atoms with Crippen LogP contribution in [0, 0.1) is 13.8 Å². The van der Waals surface area contributed by atoms with Crippen molar-refractivity contribution in [1.82, 2.24) is 15.2 Å². The number of benzene rings is 1. The van der Waals surface area contributed by atoms with Crippen molar-refractivity contribution in [2.75, 3.05) is 37.2 Å². The number of anilines is 2. The van der Waals surface area contributed by atoms with Crippen LogP contribution >= 0.6 is 0 Å². The fourth-order valence-corrected chi connectivity index (χ4v) is 3.71. The number of nitrogens with one attached hydrogen (secondary N) is 3. The highest BCUT2D eigenvalue weighted by Crippen LogP contribution is 2.35. The molecule has 7 heteroatoms. The Bertz CT molecular complexity index is 970. The molecule has 1 aliphatic heterocycles. The lowest BCUT2D eigenvalue weighted by Crippen LogP contribution is -2.35. The van der Waals surface area contributed by atoms with Crippen LogP contribution in [0.3, 0.4) is 0 Å². The van der Waals surface area contributed by atoms with E-state index >= 15 is 0 Å². The van der Waals surface area contributed by atoms with E-state index in [1.807, 2.05) is 13.8 Å². The molecule has 0 saturated carbocycles. The van der Waals surface area contributed by atoms with Crippen molar-refractivity contribution >= 4 is 34.8 Å². The van der Waals surface area contributed by atoms with E-state index in [0.29, 0.717) is 23.4 Å². The number of nitrogen functional groups attached to an aromatic ring is 1. The third-order valence-corrected chi connectivity index (χ3v) is 5.43. The minimum Gasteiger partial charge on any atom is -0.399 e. The summed E-state index contributed by atoms with van der Waals surface area (Å²) in [6.45, 7) is 11.3. The number of aryl methyl sites for hydroxylation is 1. The summed E-state index contributed by atoms with van der Waals surface area (Å²) in [4.78, 5) is 30.7. The van der Waals surface area contributed by atoms with E-state index in [-0.39, 0.29) is 11.8 Å². The van der Waals surface area contributed by atoms with Crippen molar-refractivity contribution in [2.24, 2.45) is 0 Å². The molecule has 5 N–H and O–H groups in total. The van der Waals surface area contributed by atoms with Gasteiger partial charge in [0.2, 0.25) is 0 Å². The molecule has 154 valence electrons. The number of carbonyl (C=O) groups is 2. The summed E-state index contributed by atoms with van der Waals surface area (Å²) in [6.07, 6.45) is 1.79. The number of amides is 2. The fraction of sp³-hybridized carbons (Fsp3) is 0.364. The van der Waals surface area contributed by atoms with E-state index in [1.54, 1.807) is 24.3 Å². The summed E-state index contributed by atoms with van der Waals surface area (Å²) in [5.41, 5.74) is 11.5. The number of hydrogen-bond acceptors (Lipinski definition) is 4. The topological polar surface area (TPSA) is 103 Å². The summed E-state index contributed by atoms with van der Waals surface area (Å²) in [5, 5.41) is 5.85. The standard InChI is InChI=1S/C22H29N5O2/c1-5-27(6-2)10-9-24-22(29)20-13(3)19(25-14(20)4)12-17-16-11-15(23)7-8-18(16)26-21(17)28/h7-8,11-12,25H,5-6,9-10,23H2,1-4H3,(H,24,29)(H,26,28)/b17-12-. The van der Waals surface area contributed by atoms with Gasteiger partial charge in [0.25, 0.3) is 11.8 Å². The molecule has 2 heterocycles. The first-order valence-corrected chi connectivity index (χ1v) is 9.98. The van der Waals surface area contributed by atoms with E-state index in [4.69, 9.17) is 5.73 Å². The average Bonchev–Trinajstić information content (AvgIpc) is 3.14. The molecule has 2 aromatic rings. The van der Waals surface area contributed by atoms with E-state index in [0.717, 1.165) is 47.8 Å². The molecule has 0 aliphatic carbocycles. The summed E-state index contributed by atoms with van der Waals surface area (Å²) in [6, 6.07) is 5.34. The Morgan fingerprint density at radius 1 is 1.24 bits per heavy atom. The molecule has 1 aromatic heterocycles. The van der Waals surface area contributed by atoms with Gasteiger partial charge in [-0.2, -0.15) is 0 Å². The lowest BCUT2D eigenvalue weighted by atomic mass is 10.0. The molecule has 0 unspecified atom stereocenters. The first-order valence-electron chi connectivity index (χ1n) is 9.98. The van der Waals surface area contributed by atoms with Crippen molar-refractivity contribution in [3.63, 3.8) is 0 Å². The highest BCUT2D eigenvalue weighted by atomic mass is 16.2. The van der Waals surface area contributed by atoms with Crippen LogP contribution in [0.1, 0.15) is 46.7 Å². The molecule has 0 atom stereocenters. The zero-order chi connectivity index (χ0) is 21.1. The predicted octanol–water partition coefficient (Wildman–Crippen LogP) is 2.78. The van der Waals surface area contributed by atoms with Crippen molar-refractivity contribution in [1.29, 1.82) is 0 Å². The number of rotatable bonds is 7. The third kappa shape index (κ3) is 4.19. The molecule has 0 spiro atoms. The molecule has 1 aromatic carbocycles. The smallest absolute Gasteiger partial charge is 0.256 e. The highest BCUT2D eigenvalue weighted by Gasteiger charge is 2.25. The Morgan fingerprint density at radius 2 is 1.97 bits per heavy atom. The van der Waals surface area contributed by atoms with Gasteiger partial charge in [-0.05, 0) is 56.8 Å². The Hall–Kier alpha value is -3.06. The first-order chi connectivity index (χ1) is 13.8. The molecule has 2 amide bonds. The van der Waals surface area contributed by atoms with Gasteiger partial charge >= 0.3 is 0 Å². The van der Waals surface area contributed by atoms with Crippen LogP contribution in [0.15, 0.2) is 18.2 Å². The largest absolute Gasteiger partial charge is 0.399 e. The second kappa shape index (κ2) is 8.53. The maximum atomic E-state index is 12.7. The quantitative estimate of drug-likeness (QED) is 0.427. The third-order valence-electron chi connectivity index (χ3n) is 5.43. The van der Waals surface area contributed by atoms with Crippen LogP contribution in [0.4, 0.5) is 11.4 Å². The number of nitrogens with zero attached hydrogens (tertiary/aromatic N) is 1. The molecule has 3 rings (SSSR count). The van der Waals surface area contributed by atoms with Gasteiger partial charge in [-0.3, -0.25) is 9.59 Å². The van der Waals surface area contributed by atoms with E-state index in [9.17, 15) is 9.59 Å². The van der Waals surface area contributed by atoms with Gasteiger partial charge in [-0.15, -0.1) is 0 Å². The minimum absolute atomic E-state index is 0.103. The molecular formula is C22H29N5O2. The molecule has 0 radical (unpaired) electrons. The number of aromatic amines is 1. The number of carbonyl (C=O) groups excluding carboxylic acids is 2. The number of fused-ring (bicyclic) bond motifs is 1. The highest BCUT2D eigenvalue weighted by molar-refractivity contribution is 6.35. The van der Waals surface area contributed by atoms with Gasteiger partial charge in [-0.1, -0.05) is 13.8 Å². The Labute approximate surface area is 171 Å². The molecule has 0 saturated heterocycles. The van der Waals surface area contributed by atoms with E-state index < -0.39 is 0 Å². The lowest BCUT2D eigenvalue weighted by Gasteiger charge is -2.18. The molecule has 1 aliphatic rings. The number of likely N-dealkylation sites (N-methyl/N-ethyl adjacent to an activating group) is 1. The molecule has 0 fully saturated rings. The molecule has 29 heavy (non-hydrogen) atoms. The second-order valence-electron chi connectivity index (χ2n) is 7.26. The van der Waals surface area contributed by atoms with Gasteiger partial charge in [-0.25, -0.2) is 0 Å². The van der Waals surface area contributed by atoms with Gasteiger partial charge in [0.15, 0.2) is 0 Å². The summed E-state index contributed by atoms with van der Waals surface area (Å²) >= 11 is 0. The number of aromatic nitrogens is 1. The normalized spacial score (nSPS) is 14.4. The Kier molecular flexibility index (Phi) is 6.08. The van der Waals surface area contributed by atoms with Gasteiger partial charge in [0, 0.05) is 41.4 Å². The Morgan fingerprint density at radius 3 is 2.66 bits per heavy atom. The van der Waals surface area contributed by atoms with Crippen LogP contribution in [-0.4, -0.2) is 47.9 Å². The van der Waals surface area contributed by atoms with E-state index in [1.165, 1.54) is 0 Å². The van der Waals surface area contributed by atoms with Crippen molar-refractivity contribution < 1.29 is 9.59 Å². The Balaban J connectivity index is 1.83. The van der Waals surface area contributed by atoms with Gasteiger partial charge < -0.3 is 26.3 Å². The van der Waals surface area contributed by atoms with Crippen molar-refractivity contribution in [3.05, 3.63) is 46.3 Å². The van der Waals surface area contributed by atoms with Crippen LogP contribution in [-0.2, 0) is 4.79 Å². The fourth-order valence-electron chi connectivity index (χ4n) is 3.71. The van der Waals surface area contributed by atoms with Crippen LogP contribution < -0.4 is 16.4 Å². The SMILES string of the molecule is CCN(CC)CCNC(=O)c1c(C)[nH]c(/C=C2\C(=O)Nc3ccc(N)cc32)c1C. The van der Waals surface area contributed by atoms with E-state index in [2.05, 4.69) is 34.4 Å². The maximum Gasteiger partial charge on any atom is 0.256 e. The summed E-state index contributed by atoms with van der Waals surface area (Å²) in [7, 11) is 0. The van der Waals surface area contributed by atoms with Crippen LogP contribution in [0.25, 0.3) is 11.6 Å². The molecule has 0 bridgehead atoms. The second-order valence-corrected chi connectivity index (χ2v) is 7.26. The van der Waals surface area contributed by atoms with Crippen LogP contribution in [0.5, 0.6) is 0 Å². The summed E-state index contributed by atoms with van der Waals surface area (Å²) < 4.78 is 0. The number of H-pyrrole nitrogens is 1. The molecule has 7 nitrogen and oxygen atoms in total. The zero-order valence-electron chi connectivity index (χ0n) is 17.5. The lowest BCUT2D eigenvalue weighted by molar-refractivity contribution is -0.110. The average molecular weight is 396 g/mol. The predicted molar refractivity (Wildman–Crippen MR) is 118 cm³/mol. The minimum atomic E-state index is -0.178. The van der Waals surface area contributed by atoms with Gasteiger partial charge in [0.1, 0.15) is 0 Å². The monoisotopic (exact) mass is 395 g/mol. The number of hydrogen-bond donors (Lipinski definition) is 4.